The Bertz CT molecular complexity index is 666. The summed E-state index contributed by atoms with van der Waals surface area (Å²) < 4.78 is 1.90. The number of pyridine rings is 1. The molecule has 1 amide bonds. The highest BCUT2D eigenvalue weighted by Crippen LogP contribution is 2.35. The maximum absolute atomic E-state index is 12.6. The molecule has 4 heterocycles. The SMILES string of the molecule is O=C(CCN1CCCCO1)N1C[C@@H]2C[C@H](C1)c1cccc(=O)n1C2. The number of aromatic nitrogens is 1. The standard InChI is InChI=1S/C18H25N3O3/c22-17(6-8-20-7-1-2-9-24-20)19-11-14-10-15(13-19)16-4-3-5-18(23)21(16)12-14/h3-5,14-15H,1-2,6-13H2/t14-,15+/m0/s1. The molecule has 6 nitrogen and oxygen atoms in total. The van der Waals surface area contributed by atoms with Crippen molar-refractivity contribution in [1.29, 1.82) is 0 Å². The van der Waals surface area contributed by atoms with Gasteiger partial charge in [0.05, 0.1) is 6.61 Å². The van der Waals surface area contributed by atoms with E-state index in [1.54, 1.807) is 6.07 Å². The molecule has 2 atom stereocenters. The van der Waals surface area contributed by atoms with Crippen molar-refractivity contribution in [3.8, 4) is 0 Å². The predicted molar refractivity (Wildman–Crippen MR) is 89.5 cm³/mol. The van der Waals surface area contributed by atoms with Crippen LogP contribution in [0, 0.1) is 5.92 Å². The number of nitrogens with zero attached hydrogens (tertiary/aromatic N) is 3. The first-order chi connectivity index (χ1) is 11.7. The summed E-state index contributed by atoms with van der Waals surface area (Å²) in [5, 5.41) is 1.93. The molecule has 6 heteroatoms. The van der Waals surface area contributed by atoms with Crippen LogP contribution in [0.15, 0.2) is 23.0 Å². The summed E-state index contributed by atoms with van der Waals surface area (Å²) in [6.45, 7) is 4.63. The fourth-order valence-electron chi connectivity index (χ4n) is 4.30. The van der Waals surface area contributed by atoms with Gasteiger partial charge in [-0.25, -0.2) is 0 Å². The first-order valence-electron chi connectivity index (χ1n) is 9.06. The average molecular weight is 331 g/mol. The Morgan fingerprint density at radius 3 is 2.96 bits per heavy atom. The second-order valence-corrected chi connectivity index (χ2v) is 7.22. The summed E-state index contributed by atoms with van der Waals surface area (Å²) in [7, 11) is 0. The average Bonchev–Trinajstić information content (AvgIpc) is 2.61. The van der Waals surface area contributed by atoms with Crippen LogP contribution in [0.3, 0.4) is 0 Å². The number of piperidine rings is 1. The van der Waals surface area contributed by atoms with Crippen LogP contribution in [0.25, 0.3) is 0 Å². The molecule has 4 rings (SSSR count). The Kier molecular flexibility index (Phi) is 4.41. The van der Waals surface area contributed by atoms with Gasteiger partial charge >= 0.3 is 0 Å². The van der Waals surface area contributed by atoms with Crippen molar-refractivity contribution in [1.82, 2.24) is 14.5 Å². The largest absolute Gasteiger partial charge is 0.342 e. The lowest BCUT2D eigenvalue weighted by atomic mass is 9.83. The maximum atomic E-state index is 12.6. The van der Waals surface area contributed by atoms with Gasteiger partial charge in [0.2, 0.25) is 5.91 Å². The Morgan fingerprint density at radius 2 is 2.12 bits per heavy atom. The number of hydroxylamine groups is 2. The molecular formula is C18H25N3O3. The van der Waals surface area contributed by atoms with Crippen molar-refractivity contribution in [2.75, 3.05) is 32.8 Å². The Morgan fingerprint density at radius 1 is 1.21 bits per heavy atom. The highest BCUT2D eigenvalue weighted by atomic mass is 16.7. The summed E-state index contributed by atoms with van der Waals surface area (Å²) in [6.07, 6.45) is 3.86. The number of amides is 1. The summed E-state index contributed by atoms with van der Waals surface area (Å²) in [5.41, 5.74) is 1.18. The number of hydrogen-bond acceptors (Lipinski definition) is 4. The first-order valence-corrected chi connectivity index (χ1v) is 9.06. The van der Waals surface area contributed by atoms with Crippen LogP contribution in [0.4, 0.5) is 0 Å². The number of carbonyl (C=O) groups excluding carboxylic acids is 1. The molecule has 3 aliphatic heterocycles. The van der Waals surface area contributed by atoms with E-state index < -0.39 is 0 Å². The molecule has 0 aromatic carbocycles. The fraction of sp³-hybridized carbons (Fsp3) is 0.667. The number of fused-ring (bicyclic) bond motifs is 4. The number of carbonyl (C=O) groups is 1. The van der Waals surface area contributed by atoms with Crippen molar-refractivity contribution >= 4 is 5.91 Å². The Labute approximate surface area is 141 Å². The normalized spacial score (nSPS) is 26.9. The molecule has 3 aliphatic rings. The van der Waals surface area contributed by atoms with Gasteiger partial charge in [-0.2, -0.15) is 5.06 Å². The van der Waals surface area contributed by atoms with E-state index in [2.05, 4.69) is 0 Å². The molecule has 2 bridgehead atoms. The Balaban J connectivity index is 1.40. The fourth-order valence-corrected chi connectivity index (χ4v) is 4.30. The van der Waals surface area contributed by atoms with Crippen LogP contribution in [-0.2, 0) is 16.2 Å². The van der Waals surface area contributed by atoms with E-state index in [1.165, 1.54) is 0 Å². The highest BCUT2D eigenvalue weighted by molar-refractivity contribution is 5.76. The molecule has 0 N–H and O–H groups in total. The molecule has 0 saturated carbocycles. The monoisotopic (exact) mass is 331 g/mol. The van der Waals surface area contributed by atoms with Crippen LogP contribution in [-0.4, -0.2) is 53.2 Å². The van der Waals surface area contributed by atoms with Gasteiger partial charge in [-0.1, -0.05) is 6.07 Å². The Hall–Kier alpha value is -1.66. The molecule has 0 aliphatic carbocycles. The highest BCUT2D eigenvalue weighted by Gasteiger charge is 2.36. The van der Waals surface area contributed by atoms with Gasteiger partial charge < -0.3 is 9.47 Å². The lowest BCUT2D eigenvalue weighted by Crippen LogP contribution is -2.49. The molecule has 24 heavy (non-hydrogen) atoms. The predicted octanol–water partition coefficient (Wildman–Crippen LogP) is 1.21. The molecule has 2 fully saturated rings. The molecule has 0 spiro atoms. The van der Waals surface area contributed by atoms with Crippen molar-refractivity contribution in [3.63, 3.8) is 0 Å². The molecular weight excluding hydrogens is 306 g/mol. The number of rotatable bonds is 3. The van der Waals surface area contributed by atoms with Gasteiger partial charge in [0.1, 0.15) is 0 Å². The van der Waals surface area contributed by atoms with E-state index in [0.29, 0.717) is 24.8 Å². The second-order valence-electron chi connectivity index (χ2n) is 7.22. The topological polar surface area (TPSA) is 54.8 Å². The van der Waals surface area contributed by atoms with Gasteiger partial charge in [0.25, 0.3) is 5.56 Å². The molecule has 1 aromatic heterocycles. The molecule has 2 saturated heterocycles. The first kappa shape index (κ1) is 15.8. The lowest BCUT2D eigenvalue weighted by molar-refractivity contribution is -0.183. The van der Waals surface area contributed by atoms with E-state index in [1.807, 2.05) is 26.7 Å². The second kappa shape index (κ2) is 6.69. The molecule has 0 radical (unpaired) electrons. The van der Waals surface area contributed by atoms with Gasteiger partial charge in [-0.3, -0.25) is 14.4 Å². The quantitative estimate of drug-likeness (QED) is 0.835. The van der Waals surface area contributed by atoms with Crippen molar-refractivity contribution < 1.29 is 9.63 Å². The maximum Gasteiger partial charge on any atom is 0.250 e. The minimum atomic E-state index is 0.0872. The van der Waals surface area contributed by atoms with Crippen molar-refractivity contribution in [2.24, 2.45) is 5.92 Å². The van der Waals surface area contributed by atoms with Gasteiger partial charge in [0.15, 0.2) is 0 Å². The van der Waals surface area contributed by atoms with Crippen LogP contribution in [0.2, 0.25) is 0 Å². The zero-order valence-corrected chi connectivity index (χ0v) is 14.0. The summed E-state index contributed by atoms with van der Waals surface area (Å²) in [6, 6.07) is 5.51. The summed E-state index contributed by atoms with van der Waals surface area (Å²) in [4.78, 5) is 32.3. The van der Waals surface area contributed by atoms with Crippen molar-refractivity contribution in [3.05, 3.63) is 34.2 Å². The van der Waals surface area contributed by atoms with Crippen LogP contribution < -0.4 is 5.56 Å². The van der Waals surface area contributed by atoms with Gasteiger partial charge in [0, 0.05) is 56.8 Å². The van der Waals surface area contributed by atoms with Crippen LogP contribution in [0.5, 0.6) is 0 Å². The van der Waals surface area contributed by atoms with Crippen LogP contribution in [0.1, 0.15) is 37.3 Å². The minimum absolute atomic E-state index is 0.0872. The van der Waals surface area contributed by atoms with Crippen LogP contribution >= 0.6 is 0 Å². The van der Waals surface area contributed by atoms with Gasteiger partial charge in [-0.15, -0.1) is 0 Å². The van der Waals surface area contributed by atoms with E-state index >= 15 is 0 Å². The minimum Gasteiger partial charge on any atom is -0.342 e. The van der Waals surface area contributed by atoms with Crippen molar-refractivity contribution in [2.45, 2.75) is 38.1 Å². The van der Waals surface area contributed by atoms with E-state index in [9.17, 15) is 9.59 Å². The third-order valence-corrected chi connectivity index (χ3v) is 5.48. The smallest absolute Gasteiger partial charge is 0.250 e. The third kappa shape index (κ3) is 3.13. The zero-order chi connectivity index (χ0) is 16.5. The number of likely N-dealkylation sites (tertiary alicyclic amines) is 1. The van der Waals surface area contributed by atoms with E-state index in [4.69, 9.17) is 4.84 Å². The van der Waals surface area contributed by atoms with Gasteiger partial charge in [-0.05, 0) is 31.2 Å². The molecule has 1 aromatic rings. The molecule has 130 valence electrons. The third-order valence-electron chi connectivity index (χ3n) is 5.48. The summed E-state index contributed by atoms with van der Waals surface area (Å²) >= 11 is 0. The summed E-state index contributed by atoms with van der Waals surface area (Å²) in [5.74, 6) is 0.902. The molecule has 0 unspecified atom stereocenters. The lowest BCUT2D eigenvalue weighted by Gasteiger charge is -2.43. The van der Waals surface area contributed by atoms with E-state index in [-0.39, 0.29) is 11.5 Å². The zero-order valence-electron chi connectivity index (χ0n) is 14.0. The van der Waals surface area contributed by atoms with E-state index in [0.717, 1.165) is 57.7 Å². The number of hydrogen-bond donors (Lipinski definition) is 0.